The standard InChI is InChI=1S/C32H24N6O3/c33-29-25(7-4-16-34-29)30-37-27-15-14-26(21-5-2-1-3-6-21)36-31(27)38(30)24-12-8-20(9-13-24)18-35-32(41)22-10-11-23(19-39)28(40)17-22/h1-17,19,40H,18H2,(H2,33,34)(H,35,41). The number of aldehydes is 1. The summed E-state index contributed by atoms with van der Waals surface area (Å²) in [5.74, 6) is 0.370. The number of aromatic hydroxyl groups is 1. The van der Waals surface area contributed by atoms with Gasteiger partial charge < -0.3 is 16.2 Å². The molecule has 0 aliphatic heterocycles. The highest BCUT2D eigenvalue weighted by atomic mass is 16.3. The van der Waals surface area contributed by atoms with Crippen molar-refractivity contribution in [3.05, 3.63) is 120 Å². The van der Waals surface area contributed by atoms with Gasteiger partial charge in [0.1, 0.15) is 17.1 Å². The lowest BCUT2D eigenvalue weighted by molar-refractivity contribution is 0.0949. The van der Waals surface area contributed by atoms with E-state index in [0.29, 0.717) is 34.7 Å². The Bertz CT molecular complexity index is 1900. The van der Waals surface area contributed by atoms with Crippen molar-refractivity contribution < 1.29 is 14.7 Å². The zero-order valence-corrected chi connectivity index (χ0v) is 21.7. The van der Waals surface area contributed by atoms with E-state index in [0.717, 1.165) is 22.5 Å². The number of pyridine rings is 2. The van der Waals surface area contributed by atoms with Gasteiger partial charge in [0, 0.05) is 29.6 Å². The average Bonchev–Trinajstić information content (AvgIpc) is 3.39. The van der Waals surface area contributed by atoms with Crippen LogP contribution in [-0.2, 0) is 6.54 Å². The minimum atomic E-state index is -0.366. The minimum absolute atomic E-state index is 0.127. The first kappa shape index (κ1) is 25.4. The smallest absolute Gasteiger partial charge is 0.251 e. The molecule has 1 amide bonds. The van der Waals surface area contributed by atoms with Crippen LogP contribution in [0.1, 0.15) is 26.3 Å². The molecule has 200 valence electrons. The van der Waals surface area contributed by atoms with Crippen molar-refractivity contribution >= 4 is 29.2 Å². The maximum absolute atomic E-state index is 12.6. The van der Waals surface area contributed by atoms with Crippen molar-refractivity contribution in [2.75, 3.05) is 5.73 Å². The lowest BCUT2D eigenvalue weighted by atomic mass is 10.1. The van der Waals surface area contributed by atoms with Gasteiger partial charge in [-0.1, -0.05) is 42.5 Å². The number of rotatable bonds is 7. The molecule has 0 fully saturated rings. The number of hydrogen-bond acceptors (Lipinski definition) is 7. The number of carbonyl (C=O) groups is 2. The second kappa shape index (κ2) is 10.7. The molecule has 0 saturated heterocycles. The van der Waals surface area contributed by atoms with E-state index in [1.807, 2.05) is 83.4 Å². The number of imidazole rings is 1. The topological polar surface area (TPSA) is 136 Å². The number of nitrogen functional groups attached to an aromatic ring is 1. The van der Waals surface area contributed by atoms with Crippen molar-refractivity contribution in [3.63, 3.8) is 0 Å². The summed E-state index contributed by atoms with van der Waals surface area (Å²) in [6.45, 7) is 0.263. The number of benzene rings is 3. The largest absolute Gasteiger partial charge is 0.507 e. The van der Waals surface area contributed by atoms with Gasteiger partial charge in [0.15, 0.2) is 17.8 Å². The van der Waals surface area contributed by atoms with Crippen molar-refractivity contribution in [1.29, 1.82) is 0 Å². The fourth-order valence-electron chi connectivity index (χ4n) is 4.59. The molecule has 3 aromatic carbocycles. The molecule has 0 spiro atoms. The maximum Gasteiger partial charge on any atom is 0.251 e. The number of fused-ring (bicyclic) bond motifs is 1. The first-order valence-corrected chi connectivity index (χ1v) is 12.8. The molecule has 3 heterocycles. The van der Waals surface area contributed by atoms with Crippen LogP contribution in [0.15, 0.2) is 103 Å². The van der Waals surface area contributed by atoms with E-state index in [4.69, 9.17) is 15.7 Å². The third-order valence-corrected chi connectivity index (χ3v) is 6.72. The molecule has 0 aliphatic rings. The van der Waals surface area contributed by atoms with Crippen LogP contribution >= 0.6 is 0 Å². The van der Waals surface area contributed by atoms with Crippen LogP contribution in [0.4, 0.5) is 5.82 Å². The zero-order chi connectivity index (χ0) is 28.3. The monoisotopic (exact) mass is 540 g/mol. The fraction of sp³-hybridized carbons (Fsp3) is 0.0312. The third kappa shape index (κ3) is 4.99. The molecule has 6 aromatic rings. The summed E-state index contributed by atoms with van der Waals surface area (Å²) < 4.78 is 1.95. The summed E-state index contributed by atoms with van der Waals surface area (Å²) in [4.78, 5) is 37.6. The van der Waals surface area contributed by atoms with Crippen molar-refractivity contribution in [2.45, 2.75) is 6.54 Å². The van der Waals surface area contributed by atoms with Gasteiger partial charge in [-0.05, 0) is 60.2 Å². The number of amides is 1. The Morgan fingerprint density at radius 1 is 0.927 bits per heavy atom. The van der Waals surface area contributed by atoms with Crippen LogP contribution in [0.3, 0.4) is 0 Å². The number of nitrogens with zero attached hydrogens (tertiary/aromatic N) is 4. The van der Waals surface area contributed by atoms with Crippen LogP contribution in [0.5, 0.6) is 5.75 Å². The van der Waals surface area contributed by atoms with Crippen molar-refractivity contribution in [3.8, 4) is 34.1 Å². The van der Waals surface area contributed by atoms with E-state index in [-0.39, 0.29) is 29.3 Å². The number of carbonyl (C=O) groups excluding carboxylic acids is 2. The maximum atomic E-state index is 12.6. The van der Waals surface area contributed by atoms with E-state index in [2.05, 4.69) is 10.3 Å². The first-order chi connectivity index (χ1) is 20.0. The lowest BCUT2D eigenvalue weighted by Gasteiger charge is -2.12. The number of phenols is 1. The highest BCUT2D eigenvalue weighted by Crippen LogP contribution is 2.31. The summed E-state index contributed by atoms with van der Waals surface area (Å²) in [7, 11) is 0. The molecule has 6 rings (SSSR count). The summed E-state index contributed by atoms with van der Waals surface area (Å²) >= 11 is 0. The predicted molar refractivity (Wildman–Crippen MR) is 157 cm³/mol. The molecule has 4 N–H and O–H groups in total. The van der Waals surface area contributed by atoms with E-state index >= 15 is 0 Å². The van der Waals surface area contributed by atoms with Crippen molar-refractivity contribution in [1.82, 2.24) is 24.8 Å². The Labute approximate surface area is 235 Å². The Hall–Kier alpha value is -5.83. The van der Waals surface area contributed by atoms with Crippen LogP contribution in [0.25, 0.3) is 39.5 Å². The molecule has 41 heavy (non-hydrogen) atoms. The van der Waals surface area contributed by atoms with Crippen LogP contribution < -0.4 is 11.1 Å². The van der Waals surface area contributed by atoms with Gasteiger partial charge in [-0.3, -0.25) is 14.2 Å². The number of nitrogens with one attached hydrogen (secondary N) is 1. The summed E-state index contributed by atoms with van der Waals surface area (Å²) in [6.07, 6.45) is 2.17. The molecule has 0 saturated carbocycles. The molecule has 0 atom stereocenters. The van der Waals surface area contributed by atoms with Crippen LogP contribution in [0, 0.1) is 0 Å². The van der Waals surface area contributed by atoms with Crippen LogP contribution in [0.2, 0.25) is 0 Å². The number of nitrogens with two attached hydrogens (primary N) is 1. The normalized spacial score (nSPS) is 10.9. The first-order valence-electron chi connectivity index (χ1n) is 12.8. The van der Waals surface area contributed by atoms with Gasteiger partial charge >= 0.3 is 0 Å². The summed E-state index contributed by atoms with van der Waals surface area (Å²) in [5, 5.41) is 12.7. The Morgan fingerprint density at radius 3 is 2.46 bits per heavy atom. The SMILES string of the molecule is Nc1ncccc1-c1nc2ccc(-c3ccccc3)nc2n1-c1ccc(CNC(=O)c2ccc(C=O)c(O)c2)cc1. The van der Waals surface area contributed by atoms with E-state index in [1.54, 1.807) is 6.20 Å². The minimum Gasteiger partial charge on any atom is -0.507 e. The fourth-order valence-corrected chi connectivity index (χ4v) is 4.59. The van der Waals surface area contributed by atoms with Gasteiger partial charge in [0.25, 0.3) is 5.91 Å². The van der Waals surface area contributed by atoms with Gasteiger partial charge in [-0.25, -0.2) is 15.0 Å². The van der Waals surface area contributed by atoms with E-state index < -0.39 is 0 Å². The second-order valence-corrected chi connectivity index (χ2v) is 9.35. The quantitative estimate of drug-likeness (QED) is 0.237. The Kier molecular flexibility index (Phi) is 6.67. The van der Waals surface area contributed by atoms with Gasteiger partial charge in [-0.2, -0.15) is 0 Å². The number of phenolic OH excluding ortho intramolecular Hbond substituents is 1. The summed E-state index contributed by atoms with van der Waals surface area (Å²) in [5.41, 5.74) is 12.2. The highest BCUT2D eigenvalue weighted by molar-refractivity contribution is 5.95. The molecule has 9 heteroatoms. The average molecular weight is 541 g/mol. The molecular weight excluding hydrogens is 516 g/mol. The number of aromatic nitrogens is 4. The van der Waals surface area contributed by atoms with E-state index in [1.165, 1.54) is 18.2 Å². The van der Waals surface area contributed by atoms with Crippen molar-refractivity contribution in [2.24, 2.45) is 0 Å². The Morgan fingerprint density at radius 2 is 1.73 bits per heavy atom. The molecule has 0 unspecified atom stereocenters. The lowest BCUT2D eigenvalue weighted by Crippen LogP contribution is -2.22. The number of hydrogen-bond donors (Lipinski definition) is 3. The zero-order valence-electron chi connectivity index (χ0n) is 21.7. The summed E-state index contributed by atoms with van der Waals surface area (Å²) in [6, 6.07) is 29.4. The molecule has 0 radical (unpaired) electrons. The number of anilines is 1. The third-order valence-electron chi connectivity index (χ3n) is 6.72. The molecule has 3 aromatic heterocycles. The molecular formula is C32H24N6O3. The second-order valence-electron chi connectivity index (χ2n) is 9.35. The molecule has 9 nitrogen and oxygen atoms in total. The molecule has 0 bridgehead atoms. The molecule has 0 aliphatic carbocycles. The van der Waals surface area contributed by atoms with Gasteiger partial charge in [-0.15, -0.1) is 0 Å². The van der Waals surface area contributed by atoms with Crippen LogP contribution in [-0.4, -0.2) is 36.8 Å². The van der Waals surface area contributed by atoms with E-state index in [9.17, 15) is 14.7 Å². The predicted octanol–water partition coefficient (Wildman–Crippen LogP) is 5.18. The van der Waals surface area contributed by atoms with Gasteiger partial charge in [0.05, 0.1) is 16.8 Å². The highest BCUT2D eigenvalue weighted by Gasteiger charge is 2.19. The van der Waals surface area contributed by atoms with Gasteiger partial charge in [0.2, 0.25) is 0 Å². The Balaban J connectivity index is 1.34.